The van der Waals surface area contributed by atoms with Crippen molar-refractivity contribution in [2.24, 2.45) is 10.9 Å². The van der Waals surface area contributed by atoms with E-state index in [1.54, 1.807) is 0 Å². The molecule has 130 valence electrons. The third-order valence-corrected chi connectivity index (χ3v) is 4.48. The maximum Gasteiger partial charge on any atom is 0.191 e. The Morgan fingerprint density at radius 2 is 2.13 bits per heavy atom. The Morgan fingerprint density at radius 1 is 1.30 bits per heavy atom. The largest absolute Gasteiger partial charge is 0.357 e. The lowest BCUT2D eigenvalue weighted by Crippen LogP contribution is -2.38. The molecule has 1 saturated carbocycles. The number of nitrogens with zero attached hydrogens (tertiary/aromatic N) is 3. The summed E-state index contributed by atoms with van der Waals surface area (Å²) in [7, 11) is 0. The Labute approximate surface area is 141 Å². The SMILES string of the molecule is CCNC(=NCCCn1cc(C)cn1)NCCCC1CCCC1. The molecular weight excluding hydrogens is 286 g/mol. The van der Waals surface area contributed by atoms with Crippen LogP contribution in [-0.4, -0.2) is 35.4 Å². The molecule has 1 aliphatic carbocycles. The molecular formula is C18H33N5. The number of hydrogen-bond donors (Lipinski definition) is 2. The summed E-state index contributed by atoms with van der Waals surface area (Å²) in [5.74, 6) is 1.93. The van der Waals surface area contributed by atoms with Crippen molar-refractivity contribution in [1.29, 1.82) is 0 Å². The van der Waals surface area contributed by atoms with Crippen molar-refractivity contribution in [3.63, 3.8) is 0 Å². The van der Waals surface area contributed by atoms with Crippen LogP contribution in [-0.2, 0) is 6.54 Å². The Bertz CT molecular complexity index is 460. The minimum Gasteiger partial charge on any atom is -0.357 e. The summed E-state index contributed by atoms with van der Waals surface area (Å²) in [6, 6.07) is 0. The van der Waals surface area contributed by atoms with E-state index in [1.807, 2.05) is 10.9 Å². The Kier molecular flexibility index (Phi) is 7.98. The highest BCUT2D eigenvalue weighted by Crippen LogP contribution is 2.28. The number of aromatic nitrogens is 2. The fourth-order valence-corrected chi connectivity index (χ4v) is 3.25. The van der Waals surface area contributed by atoms with Crippen LogP contribution in [0.2, 0.25) is 0 Å². The maximum atomic E-state index is 4.66. The van der Waals surface area contributed by atoms with Crippen molar-refractivity contribution in [1.82, 2.24) is 20.4 Å². The van der Waals surface area contributed by atoms with Crippen molar-refractivity contribution >= 4 is 5.96 Å². The van der Waals surface area contributed by atoms with Crippen LogP contribution in [0.3, 0.4) is 0 Å². The van der Waals surface area contributed by atoms with E-state index >= 15 is 0 Å². The summed E-state index contributed by atoms with van der Waals surface area (Å²) in [6.07, 6.45) is 13.4. The molecule has 0 bridgehead atoms. The molecule has 1 heterocycles. The fourth-order valence-electron chi connectivity index (χ4n) is 3.25. The first kappa shape index (κ1) is 17.8. The van der Waals surface area contributed by atoms with Gasteiger partial charge in [0.2, 0.25) is 0 Å². The van der Waals surface area contributed by atoms with Crippen LogP contribution in [0.15, 0.2) is 17.4 Å². The number of rotatable bonds is 9. The lowest BCUT2D eigenvalue weighted by molar-refractivity contribution is 0.481. The van der Waals surface area contributed by atoms with Crippen molar-refractivity contribution in [2.75, 3.05) is 19.6 Å². The van der Waals surface area contributed by atoms with Gasteiger partial charge in [-0.05, 0) is 44.6 Å². The predicted octanol–water partition coefficient (Wildman–Crippen LogP) is 3.11. The zero-order valence-electron chi connectivity index (χ0n) is 14.9. The van der Waals surface area contributed by atoms with Crippen LogP contribution in [0.25, 0.3) is 0 Å². The lowest BCUT2D eigenvalue weighted by Gasteiger charge is -2.13. The van der Waals surface area contributed by atoms with Gasteiger partial charge in [-0.3, -0.25) is 9.67 Å². The molecule has 2 N–H and O–H groups in total. The van der Waals surface area contributed by atoms with E-state index in [4.69, 9.17) is 0 Å². The number of hydrogen-bond acceptors (Lipinski definition) is 2. The third-order valence-electron chi connectivity index (χ3n) is 4.48. The molecule has 0 spiro atoms. The second-order valence-electron chi connectivity index (χ2n) is 6.61. The summed E-state index contributed by atoms with van der Waals surface area (Å²) >= 11 is 0. The lowest BCUT2D eigenvalue weighted by atomic mass is 10.0. The van der Waals surface area contributed by atoms with Gasteiger partial charge in [-0.25, -0.2) is 0 Å². The summed E-state index contributed by atoms with van der Waals surface area (Å²) in [5, 5.41) is 11.1. The molecule has 0 saturated heterocycles. The smallest absolute Gasteiger partial charge is 0.191 e. The van der Waals surface area contributed by atoms with Crippen LogP contribution in [0, 0.1) is 12.8 Å². The molecule has 5 nitrogen and oxygen atoms in total. The van der Waals surface area contributed by atoms with Crippen LogP contribution in [0.1, 0.15) is 57.4 Å². The number of aryl methyl sites for hydroxylation is 2. The van der Waals surface area contributed by atoms with Gasteiger partial charge < -0.3 is 10.6 Å². The van der Waals surface area contributed by atoms with E-state index in [-0.39, 0.29) is 0 Å². The second kappa shape index (κ2) is 10.3. The summed E-state index contributed by atoms with van der Waals surface area (Å²) in [5.41, 5.74) is 1.21. The molecule has 0 aliphatic heterocycles. The van der Waals surface area contributed by atoms with E-state index in [2.05, 4.69) is 40.8 Å². The highest BCUT2D eigenvalue weighted by atomic mass is 15.3. The van der Waals surface area contributed by atoms with Crippen molar-refractivity contribution < 1.29 is 0 Å². The van der Waals surface area contributed by atoms with Crippen LogP contribution in [0.4, 0.5) is 0 Å². The normalized spacial score (nSPS) is 16.0. The standard InChI is InChI=1S/C18H33N5/c1-3-19-18(20-11-6-10-17-8-4-5-9-17)21-12-7-13-23-15-16(2)14-22-23/h14-15,17H,3-13H2,1-2H3,(H2,19,20,21). The molecule has 2 rings (SSSR count). The maximum absolute atomic E-state index is 4.66. The number of guanidine groups is 1. The van der Waals surface area contributed by atoms with Gasteiger partial charge in [0.25, 0.3) is 0 Å². The zero-order valence-corrected chi connectivity index (χ0v) is 14.9. The fraction of sp³-hybridized carbons (Fsp3) is 0.778. The van der Waals surface area contributed by atoms with Gasteiger partial charge in [-0.2, -0.15) is 5.10 Å². The second-order valence-corrected chi connectivity index (χ2v) is 6.61. The Balaban J connectivity index is 1.60. The van der Waals surface area contributed by atoms with Crippen LogP contribution in [0.5, 0.6) is 0 Å². The van der Waals surface area contributed by atoms with E-state index in [1.165, 1.54) is 44.1 Å². The molecule has 0 unspecified atom stereocenters. The number of aliphatic imine (C=N–C) groups is 1. The first-order chi connectivity index (χ1) is 11.3. The van der Waals surface area contributed by atoms with Gasteiger partial charge in [0, 0.05) is 32.4 Å². The zero-order chi connectivity index (χ0) is 16.3. The van der Waals surface area contributed by atoms with E-state index in [9.17, 15) is 0 Å². The minimum absolute atomic E-state index is 0.830. The molecule has 1 aromatic rings. The van der Waals surface area contributed by atoms with Crippen molar-refractivity contribution in [3.8, 4) is 0 Å². The van der Waals surface area contributed by atoms with Gasteiger partial charge >= 0.3 is 0 Å². The van der Waals surface area contributed by atoms with Gasteiger partial charge in [0.05, 0.1) is 6.20 Å². The van der Waals surface area contributed by atoms with E-state index in [0.717, 1.165) is 44.5 Å². The molecule has 0 atom stereocenters. The van der Waals surface area contributed by atoms with E-state index < -0.39 is 0 Å². The summed E-state index contributed by atoms with van der Waals surface area (Å²) in [4.78, 5) is 4.66. The van der Waals surface area contributed by atoms with Gasteiger partial charge in [-0.1, -0.05) is 25.7 Å². The van der Waals surface area contributed by atoms with E-state index in [0.29, 0.717) is 0 Å². The molecule has 0 amide bonds. The number of nitrogens with one attached hydrogen (secondary N) is 2. The van der Waals surface area contributed by atoms with Gasteiger partial charge in [0.15, 0.2) is 5.96 Å². The first-order valence-corrected chi connectivity index (χ1v) is 9.29. The molecule has 0 radical (unpaired) electrons. The molecule has 1 aromatic heterocycles. The monoisotopic (exact) mass is 319 g/mol. The average Bonchev–Trinajstić information content (AvgIpc) is 3.19. The minimum atomic E-state index is 0.830. The quantitative estimate of drug-likeness (QED) is 0.418. The van der Waals surface area contributed by atoms with Crippen molar-refractivity contribution in [2.45, 2.75) is 65.3 Å². The summed E-state index contributed by atoms with van der Waals surface area (Å²) in [6.45, 7) is 7.88. The molecule has 1 fully saturated rings. The Morgan fingerprint density at radius 3 is 2.83 bits per heavy atom. The van der Waals surface area contributed by atoms with Crippen LogP contribution >= 0.6 is 0 Å². The molecule has 1 aliphatic rings. The average molecular weight is 319 g/mol. The van der Waals surface area contributed by atoms with Gasteiger partial charge in [-0.15, -0.1) is 0 Å². The third kappa shape index (κ3) is 7.06. The molecule has 0 aromatic carbocycles. The molecule has 23 heavy (non-hydrogen) atoms. The molecule has 5 heteroatoms. The van der Waals surface area contributed by atoms with Crippen LogP contribution < -0.4 is 10.6 Å². The van der Waals surface area contributed by atoms with Crippen molar-refractivity contribution in [3.05, 3.63) is 18.0 Å². The topological polar surface area (TPSA) is 54.2 Å². The highest BCUT2D eigenvalue weighted by Gasteiger charge is 2.13. The van der Waals surface area contributed by atoms with Gasteiger partial charge in [0.1, 0.15) is 0 Å². The first-order valence-electron chi connectivity index (χ1n) is 9.29. The summed E-state index contributed by atoms with van der Waals surface area (Å²) < 4.78 is 1.99. The predicted molar refractivity (Wildman–Crippen MR) is 96.8 cm³/mol. The Hall–Kier alpha value is -1.52. The highest BCUT2D eigenvalue weighted by molar-refractivity contribution is 5.79.